The normalized spacial score (nSPS) is 13.4. The third-order valence-electron chi connectivity index (χ3n) is 2.42. The van der Waals surface area contributed by atoms with Gasteiger partial charge in [0.2, 0.25) is 10.0 Å². The Bertz CT molecular complexity index is 561. The van der Waals surface area contributed by atoms with E-state index in [0.717, 1.165) is 5.56 Å². The van der Waals surface area contributed by atoms with E-state index in [2.05, 4.69) is 4.72 Å². The van der Waals surface area contributed by atoms with Crippen molar-refractivity contribution < 1.29 is 12.6 Å². The number of nitrogens with one attached hydrogen (secondary N) is 1. The molecular weight excluding hydrogens is 308 g/mol. The zero-order valence-electron chi connectivity index (χ0n) is 10.6. The lowest BCUT2D eigenvalue weighted by Gasteiger charge is -2.09. The lowest BCUT2D eigenvalue weighted by atomic mass is 10.2. The predicted octanol–water partition coefficient (Wildman–Crippen LogP) is 0.846. The smallest absolute Gasteiger partial charge is 0.242 e. The van der Waals surface area contributed by atoms with Crippen LogP contribution in [0.15, 0.2) is 23.1 Å². The minimum atomic E-state index is -3.64. The largest absolute Gasteiger partial charge is 0.326 e. The summed E-state index contributed by atoms with van der Waals surface area (Å²) in [6.07, 6.45) is 2.09. The fraction of sp³-hybridized carbons (Fsp3) is 0.455. The molecule has 0 bridgehead atoms. The van der Waals surface area contributed by atoms with Crippen molar-refractivity contribution in [3.63, 3.8) is 0 Å². The fourth-order valence-electron chi connectivity index (χ4n) is 1.45. The summed E-state index contributed by atoms with van der Waals surface area (Å²) in [6.45, 7) is 0.534. The molecule has 1 atom stereocenters. The summed E-state index contributed by atoms with van der Waals surface area (Å²) in [5.74, 6) is 0.461. The average Bonchev–Trinajstić information content (AvgIpc) is 2.34. The van der Waals surface area contributed by atoms with E-state index in [1.54, 1.807) is 12.3 Å². The van der Waals surface area contributed by atoms with Gasteiger partial charge in [0.05, 0.1) is 5.02 Å². The Labute approximate surface area is 121 Å². The highest BCUT2D eigenvalue weighted by molar-refractivity contribution is 7.89. The highest BCUT2D eigenvalue weighted by atomic mass is 35.5. The zero-order chi connectivity index (χ0) is 14.5. The molecule has 0 saturated heterocycles. The summed E-state index contributed by atoms with van der Waals surface area (Å²) in [5.41, 5.74) is 6.22. The second-order valence-electron chi connectivity index (χ2n) is 4.00. The van der Waals surface area contributed by atoms with Crippen LogP contribution in [-0.4, -0.2) is 31.2 Å². The third-order valence-corrected chi connectivity index (χ3v) is 5.23. The molecule has 0 amide bonds. The van der Waals surface area contributed by atoms with Gasteiger partial charge in [-0.15, -0.1) is 0 Å². The van der Waals surface area contributed by atoms with Gasteiger partial charge < -0.3 is 5.73 Å². The zero-order valence-corrected chi connectivity index (χ0v) is 12.9. The number of benzene rings is 1. The summed E-state index contributed by atoms with van der Waals surface area (Å²) in [7, 11) is -4.56. The Balaban J connectivity index is 2.74. The van der Waals surface area contributed by atoms with Crippen molar-refractivity contribution in [3.05, 3.63) is 28.8 Å². The molecular formula is C11H17ClN2O3S2. The third kappa shape index (κ3) is 5.19. The predicted molar refractivity (Wildman–Crippen MR) is 78.1 cm³/mol. The number of sulfonamides is 1. The lowest BCUT2D eigenvalue weighted by molar-refractivity contribution is 0.580. The van der Waals surface area contributed by atoms with Crippen molar-refractivity contribution in [3.8, 4) is 0 Å². The van der Waals surface area contributed by atoms with Gasteiger partial charge in [0.15, 0.2) is 0 Å². The topological polar surface area (TPSA) is 89.3 Å². The van der Waals surface area contributed by atoms with Gasteiger partial charge in [-0.3, -0.25) is 4.21 Å². The first-order chi connectivity index (χ1) is 8.86. The molecule has 3 N–H and O–H groups in total. The van der Waals surface area contributed by atoms with E-state index < -0.39 is 20.8 Å². The van der Waals surface area contributed by atoms with E-state index in [9.17, 15) is 12.6 Å². The van der Waals surface area contributed by atoms with Crippen molar-refractivity contribution in [1.29, 1.82) is 0 Å². The molecule has 1 unspecified atom stereocenters. The first kappa shape index (κ1) is 16.6. The standard InChI is InChI=1S/C11H17ClN2O3S2/c1-18(15)6-2-5-14-19(16,17)11-4-3-9(8-13)7-10(11)12/h3-4,7,14H,2,5-6,8,13H2,1H3. The van der Waals surface area contributed by atoms with Crippen LogP contribution < -0.4 is 10.5 Å². The summed E-state index contributed by atoms with van der Waals surface area (Å²) in [4.78, 5) is 0.0315. The van der Waals surface area contributed by atoms with Gasteiger partial charge in [0.25, 0.3) is 0 Å². The molecule has 0 aliphatic heterocycles. The molecule has 0 aliphatic rings. The molecule has 108 valence electrons. The number of nitrogens with two attached hydrogens (primary N) is 1. The molecule has 0 spiro atoms. The molecule has 0 fully saturated rings. The van der Waals surface area contributed by atoms with E-state index in [0.29, 0.717) is 18.7 Å². The summed E-state index contributed by atoms with van der Waals surface area (Å²) in [6, 6.07) is 4.60. The van der Waals surface area contributed by atoms with Crippen LogP contribution in [0.5, 0.6) is 0 Å². The van der Waals surface area contributed by atoms with E-state index in [1.807, 2.05) is 0 Å². The van der Waals surface area contributed by atoms with Crippen LogP contribution >= 0.6 is 11.6 Å². The van der Waals surface area contributed by atoms with Gasteiger partial charge in [-0.25, -0.2) is 13.1 Å². The van der Waals surface area contributed by atoms with E-state index in [1.165, 1.54) is 12.1 Å². The van der Waals surface area contributed by atoms with Crippen molar-refractivity contribution in [2.24, 2.45) is 5.73 Å². The minimum Gasteiger partial charge on any atom is -0.326 e. The minimum absolute atomic E-state index is 0.0315. The Morgan fingerprint density at radius 1 is 1.42 bits per heavy atom. The van der Waals surface area contributed by atoms with Crippen LogP contribution in [0, 0.1) is 0 Å². The first-order valence-electron chi connectivity index (χ1n) is 5.65. The highest BCUT2D eigenvalue weighted by Gasteiger charge is 2.17. The van der Waals surface area contributed by atoms with E-state index in [-0.39, 0.29) is 16.5 Å². The molecule has 1 aromatic carbocycles. The first-order valence-corrected chi connectivity index (χ1v) is 9.24. The Morgan fingerprint density at radius 3 is 2.63 bits per heavy atom. The summed E-state index contributed by atoms with van der Waals surface area (Å²) in [5, 5.41) is 0.148. The van der Waals surface area contributed by atoms with Crippen molar-refractivity contribution in [2.75, 3.05) is 18.6 Å². The number of halogens is 1. The quantitative estimate of drug-likeness (QED) is 0.727. The Kier molecular flexibility index (Phi) is 6.41. The van der Waals surface area contributed by atoms with Gasteiger partial charge >= 0.3 is 0 Å². The van der Waals surface area contributed by atoms with Crippen molar-refractivity contribution in [1.82, 2.24) is 4.72 Å². The summed E-state index contributed by atoms with van der Waals surface area (Å²) < 4.78 is 37.3. The van der Waals surface area contributed by atoms with Crippen LogP contribution in [-0.2, 0) is 27.4 Å². The maximum absolute atomic E-state index is 12.0. The van der Waals surface area contributed by atoms with Gasteiger partial charge in [-0.05, 0) is 24.1 Å². The molecule has 0 saturated carbocycles. The molecule has 0 heterocycles. The van der Waals surface area contributed by atoms with Crippen molar-refractivity contribution >= 4 is 32.4 Å². The van der Waals surface area contributed by atoms with Crippen LogP contribution in [0.4, 0.5) is 0 Å². The maximum atomic E-state index is 12.0. The number of rotatable bonds is 7. The molecule has 19 heavy (non-hydrogen) atoms. The molecule has 1 rings (SSSR count). The molecule has 1 aromatic rings. The van der Waals surface area contributed by atoms with Crippen LogP contribution in [0.2, 0.25) is 5.02 Å². The highest BCUT2D eigenvalue weighted by Crippen LogP contribution is 2.22. The molecule has 0 aliphatic carbocycles. The Hall–Kier alpha value is -0.470. The van der Waals surface area contributed by atoms with E-state index >= 15 is 0 Å². The Morgan fingerprint density at radius 2 is 2.11 bits per heavy atom. The van der Waals surface area contributed by atoms with Gasteiger partial charge in [-0.1, -0.05) is 17.7 Å². The number of hydrogen-bond donors (Lipinski definition) is 2. The molecule has 0 aromatic heterocycles. The van der Waals surface area contributed by atoms with Crippen LogP contribution in [0.3, 0.4) is 0 Å². The van der Waals surface area contributed by atoms with Gasteiger partial charge in [0.1, 0.15) is 4.90 Å². The monoisotopic (exact) mass is 324 g/mol. The second-order valence-corrected chi connectivity index (χ2v) is 7.69. The van der Waals surface area contributed by atoms with Crippen LogP contribution in [0.1, 0.15) is 12.0 Å². The fourth-order valence-corrected chi connectivity index (χ4v) is 3.64. The molecule has 5 nitrogen and oxygen atoms in total. The maximum Gasteiger partial charge on any atom is 0.242 e. The second kappa shape index (κ2) is 7.35. The molecule has 8 heteroatoms. The molecule has 0 radical (unpaired) electrons. The van der Waals surface area contributed by atoms with Crippen molar-refractivity contribution in [2.45, 2.75) is 17.9 Å². The lowest BCUT2D eigenvalue weighted by Crippen LogP contribution is -2.26. The average molecular weight is 325 g/mol. The van der Waals surface area contributed by atoms with Crippen LogP contribution in [0.25, 0.3) is 0 Å². The van der Waals surface area contributed by atoms with Gasteiger partial charge in [-0.2, -0.15) is 0 Å². The number of hydrogen-bond acceptors (Lipinski definition) is 4. The summed E-state index contributed by atoms with van der Waals surface area (Å²) >= 11 is 5.93. The SMILES string of the molecule is CS(=O)CCCNS(=O)(=O)c1ccc(CN)cc1Cl. The van der Waals surface area contributed by atoms with E-state index in [4.69, 9.17) is 17.3 Å². The van der Waals surface area contributed by atoms with Gasteiger partial charge in [0, 0.05) is 35.9 Å².